The maximum atomic E-state index is 13.2. The smallest absolute Gasteiger partial charge is 0.246 e. The number of hydrogen-bond acceptors (Lipinski definition) is 6. The summed E-state index contributed by atoms with van der Waals surface area (Å²) in [7, 11) is -1.78. The Morgan fingerprint density at radius 3 is 2.70 bits per heavy atom. The fourth-order valence-electron chi connectivity index (χ4n) is 3.63. The van der Waals surface area contributed by atoms with Gasteiger partial charge >= 0.3 is 0 Å². The summed E-state index contributed by atoms with van der Waals surface area (Å²) in [4.78, 5) is 0.344. The predicted molar refractivity (Wildman–Crippen MR) is 104 cm³/mol. The van der Waals surface area contributed by atoms with E-state index in [9.17, 15) is 8.42 Å². The fraction of sp³-hybridized carbons (Fsp3) is 0.500. The Hall–Kier alpha value is -1.71. The lowest BCUT2D eigenvalue weighted by atomic mass is 10.1. The summed E-state index contributed by atoms with van der Waals surface area (Å²) in [6.07, 6.45) is 0.752. The van der Waals surface area contributed by atoms with Gasteiger partial charge in [-0.3, -0.25) is 4.68 Å². The van der Waals surface area contributed by atoms with Crippen LogP contribution in [-0.4, -0.2) is 48.1 Å². The van der Waals surface area contributed by atoms with Gasteiger partial charge < -0.3 is 9.47 Å². The summed E-state index contributed by atoms with van der Waals surface area (Å²) in [5.74, 6) is 2.28. The molecule has 1 atom stereocenters. The molecule has 1 aromatic carbocycles. The van der Waals surface area contributed by atoms with Gasteiger partial charge in [0.2, 0.25) is 16.8 Å². The van der Waals surface area contributed by atoms with Gasteiger partial charge in [0.25, 0.3) is 0 Å². The van der Waals surface area contributed by atoms with E-state index in [4.69, 9.17) is 9.47 Å². The molecule has 9 heteroatoms. The third kappa shape index (κ3) is 3.32. The van der Waals surface area contributed by atoms with E-state index in [1.54, 1.807) is 41.6 Å². The molecule has 1 unspecified atom stereocenters. The number of nitrogens with zero attached hydrogens (tertiary/aromatic N) is 3. The Bertz CT molecular complexity index is 971. The maximum Gasteiger partial charge on any atom is 0.246 e. The molecule has 2 aromatic rings. The molecular formula is C18H23N3O4S2. The third-order valence-corrected chi connectivity index (χ3v) is 8.59. The van der Waals surface area contributed by atoms with Crippen LogP contribution in [-0.2, 0) is 17.1 Å². The van der Waals surface area contributed by atoms with Gasteiger partial charge in [-0.05, 0) is 38.0 Å². The zero-order chi connectivity index (χ0) is 19.2. The summed E-state index contributed by atoms with van der Waals surface area (Å²) in [6, 6.07) is 5.99. The van der Waals surface area contributed by atoms with Crippen LogP contribution in [0.25, 0.3) is 0 Å². The molecule has 146 valence electrons. The van der Waals surface area contributed by atoms with E-state index in [0.717, 1.165) is 29.2 Å². The van der Waals surface area contributed by atoms with Crippen molar-refractivity contribution in [2.75, 3.05) is 25.6 Å². The average molecular weight is 410 g/mol. The Kier molecular flexibility index (Phi) is 4.85. The number of ether oxygens (including phenoxy) is 2. The first-order valence-electron chi connectivity index (χ1n) is 8.89. The summed E-state index contributed by atoms with van der Waals surface area (Å²) < 4.78 is 40.5. The molecule has 2 aliphatic heterocycles. The van der Waals surface area contributed by atoms with Gasteiger partial charge in [0, 0.05) is 31.1 Å². The van der Waals surface area contributed by atoms with Crippen molar-refractivity contribution in [3.8, 4) is 11.5 Å². The quantitative estimate of drug-likeness (QED) is 0.776. The van der Waals surface area contributed by atoms with Crippen LogP contribution in [0.5, 0.6) is 11.5 Å². The van der Waals surface area contributed by atoms with E-state index in [1.807, 2.05) is 18.2 Å². The molecule has 0 bridgehead atoms. The van der Waals surface area contributed by atoms with Crippen molar-refractivity contribution in [3.63, 3.8) is 0 Å². The molecule has 7 nitrogen and oxygen atoms in total. The second kappa shape index (κ2) is 7.03. The van der Waals surface area contributed by atoms with Crippen LogP contribution in [0.4, 0.5) is 0 Å². The van der Waals surface area contributed by atoms with Crippen LogP contribution < -0.4 is 9.47 Å². The minimum absolute atomic E-state index is 0.232. The van der Waals surface area contributed by atoms with Crippen molar-refractivity contribution in [1.82, 2.24) is 14.1 Å². The molecule has 0 N–H and O–H groups in total. The lowest BCUT2D eigenvalue weighted by molar-refractivity contribution is 0.174. The van der Waals surface area contributed by atoms with Crippen LogP contribution in [0, 0.1) is 13.8 Å². The molecule has 27 heavy (non-hydrogen) atoms. The van der Waals surface area contributed by atoms with Gasteiger partial charge in [-0.25, -0.2) is 8.42 Å². The second-order valence-electron chi connectivity index (χ2n) is 6.79. The summed E-state index contributed by atoms with van der Waals surface area (Å²) in [5.41, 5.74) is 2.38. The Labute approximate surface area is 163 Å². The van der Waals surface area contributed by atoms with E-state index in [-0.39, 0.29) is 12.0 Å². The van der Waals surface area contributed by atoms with Crippen molar-refractivity contribution in [2.45, 2.75) is 30.4 Å². The predicted octanol–water partition coefficient (Wildman–Crippen LogP) is 2.63. The van der Waals surface area contributed by atoms with Crippen LogP contribution in [0.2, 0.25) is 0 Å². The fourth-order valence-corrected chi connectivity index (χ4v) is 6.82. The Balaban J connectivity index is 1.55. The number of aromatic nitrogens is 2. The number of thioether (sulfide) groups is 1. The molecule has 1 saturated heterocycles. The molecule has 0 aliphatic carbocycles. The number of aryl methyl sites for hydroxylation is 2. The second-order valence-corrected chi connectivity index (χ2v) is 9.97. The van der Waals surface area contributed by atoms with Crippen molar-refractivity contribution in [3.05, 3.63) is 35.2 Å². The minimum Gasteiger partial charge on any atom is -0.454 e. The molecule has 0 saturated carbocycles. The van der Waals surface area contributed by atoms with Crippen molar-refractivity contribution < 1.29 is 17.9 Å². The highest BCUT2D eigenvalue weighted by Crippen LogP contribution is 2.41. The normalized spacial score (nSPS) is 20.6. The molecule has 1 aromatic heterocycles. The van der Waals surface area contributed by atoms with E-state index in [2.05, 4.69) is 5.10 Å². The van der Waals surface area contributed by atoms with Crippen LogP contribution in [0.3, 0.4) is 0 Å². The molecule has 0 spiro atoms. The molecular weight excluding hydrogens is 386 g/mol. The SMILES string of the molecule is Cc1nn(C)c(C)c1S(=O)(=O)N1CCSC(c2ccc3c(c2)OCO3)CC1. The standard InChI is InChI=1S/C18H23N3O4S2/c1-12-18(13(2)20(3)19-12)27(22,23)21-7-6-17(26-9-8-21)14-4-5-15-16(10-14)25-11-24-15/h4-5,10,17H,6-9,11H2,1-3H3. The van der Waals surface area contributed by atoms with E-state index in [1.165, 1.54) is 0 Å². The zero-order valence-corrected chi connectivity index (χ0v) is 17.3. The average Bonchev–Trinajstić information content (AvgIpc) is 3.08. The lowest BCUT2D eigenvalue weighted by Crippen LogP contribution is -2.33. The highest BCUT2D eigenvalue weighted by Gasteiger charge is 2.32. The van der Waals surface area contributed by atoms with Gasteiger partial charge in [0.05, 0.1) is 11.4 Å². The monoisotopic (exact) mass is 409 g/mol. The molecule has 0 radical (unpaired) electrons. The largest absolute Gasteiger partial charge is 0.454 e. The van der Waals surface area contributed by atoms with Crippen LogP contribution in [0.1, 0.15) is 28.6 Å². The summed E-state index contributed by atoms with van der Waals surface area (Å²) in [6.45, 7) is 4.80. The summed E-state index contributed by atoms with van der Waals surface area (Å²) >= 11 is 1.79. The number of fused-ring (bicyclic) bond motifs is 1. The molecule has 2 aliphatic rings. The van der Waals surface area contributed by atoms with Gasteiger partial charge in [-0.2, -0.15) is 21.2 Å². The molecule has 0 amide bonds. The topological polar surface area (TPSA) is 73.7 Å². The van der Waals surface area contributed by atoms with Crippen LogP contribution >= 0.6 is 11.8 Å². The Morgan fingerprint density at radius 1 is 1.19 bits per heavy atom. The third-order valence-electron chi connectivity index (χ3n) is 5.11. The van der Waals surface area contributed by atoms with Crippen molar-refractivity contribution in [2.24, 2.45) is 7.05 Å². The molecule has 3 heterocycles. The highest BCUT2D eigenvalue weighted by atomic mass is 32.2. The number of benzene rings is 1. The maximum absolute atomic E-state index is 13.2. The van der Waals surface area contributed by atoms with Gasteiger partial charge in [-0.1, -0.05) is 6.07 Å². The molecule has 4 rings (SSSR count). The minimum atomic E-state index is -3.55. The lowest BCUT2D eigenvalue weighted by Gasteiger charge is -2.20. The number of rotatable bonds is 3. The van der Waals surface area contributed by atoms with Gasteiger partial charge in [-0.15, -0.1) is 0 Å². The van der Waals surface area contributed by atoms with Crippen molar-refractivity contribution >= 4 is 21.8 Å². The van der Waals surface area contributed by atoms with E-state index >= 15 is 0 Å². The van der Waals surface area contributed by atoms with Gasteiger partial charge in [0.1, 0.15) is 4.90 Å². The zero-order valence-electron chi connectivity index (χ0n) is 15.6. The first-order valence-corrected chi connectivity index (χ1v) is 11.4. The first-order chi connectivity index (χ1) is 12.9. The Morgan fingerprint density at radius 2 is 1.96 bits per heavy atom. The first kappa shape index (κ1) is 18.6. The molecule has 1 fully saturated rings. The number of sulfonamides is 1. The van der Waals surface area contributed by atoms with Crippen molar-refractivity contribution in [1.29, 1.82) is 0 Å². The van der Waals surface area contributed by atoms with Crippen LogP contribution in [0.15, 0.2) is 23.1 Å². The summed E-state index contributed by atoms with van der Waals surface area (Å²) in [5, 5.41) is 4.50. The highest BCUT2D eigenvalue weighted by molar-refractivity contribution is 7.99. The van der Waals surface area contributed by atoms with E-state index in [0.29, 0.717) is 29.4 Å². The van der Waals surface area contributed by atoms with E-state index < -0.39 is 10.0 Å². The number of hydrogen-bond donors (Lipinski definition) is 0. The van der Waals surface area contributed by atoms with Gasteiger partial charge in [0.15, 0.2) is 11.5 Å².